The Bertz CT molecular complexity index is 696. The summed E-state index contributed by atoms with van der Waals surface area (Å²) in [5, 5.41) is 12.4. The predicted octanol–water partition coefficient (Wildman–Crippen LogP) is 1.73. The fraction of sp³-hybridized carbons (Fsp3) is 0.125. The van der Waals surface area contributed by atoms with Crippen molar-refractivity contribution < 1.29 is 14.7 Å². The number of primary amides is 1. The molecular weight excluding hydrogens is 268 g/mol. The lowest BCUT2D eigenvalue weighted by Gasteiger charge is -2.08. The molecule has 0 aliphatic carbocycles. The number of nitrogens with one attached hydrogen (secondary N) is 1. The molecular formula is C16H16N2O3. The Labute approximate surface area is 122 Å². The van der Waals surface area contributed by atoms with Crippen molar-refractivity contribution in [2.24, 2.45) is 5.73 Å². The summed E-state index contributed by atoms with van der Waals surface area (Å²) < 4.78 is 0. The smallest absolute Gasteiger partial charge is 0.255 e. The van der Waals surface area contributed by atoms with Gasteiger partial charge in [0.25, 0.3) is 5.91 Å². The monoisotopic (exact) mass is 284 g/mol. The van der Waals surface area contributed by atoms with Crippen LogP contribution in [0.15, 0.2) is 42.5 Å². The number of hydrogen-bond donors (Lipinski definition) is 3. The molecule has 2 aromatic rings. The number of aryl methyl sites for hydroxylation is 1. The van der Waals surface area contributed by atoms with Gasteiger partial charge in [-0.25, -0.2) is 0 Å². The SMILES string of the molecule is Cc1ccc(O)c(C(=O)NCc2cccc(C(N)=O)c2)c1. The predicted molar refractivity (Wildman–Crippen MR) is 79.0 cm³/mol. The highest BCUT2D eigenvalue weighted by molar-refractivity contribution is 5.97. The molecule has 0 heterocycles. The van der Waals surface area contributed by atoms with Gasteiger partial charge in [0.05, 0.1) is 5.56 Å². The lowest BCUT2D eigenvalue weighted by molar-refractivity contribution is 0.0947. The molecule has 0 bridgehead atoms. The van der Waals surface area contributed by atoms with E-state index in [-0.39, 0.29) is 23.8 Å². The molecule has 2 aromatic carbocycles. The highest BCUT2D eigenvalue weighted by atomic mass is 16.3. The van der Waals surface area contributed by atoms with Gasteiger partial charge in [-0.15, -0.1) is 0 Å². The quantitative estimate of drug-likeness (QED) is 0.798. The van der Waals surface area contributed by atoms with Gasteiger partial charge in [0, 0.05) is 12.1 Å². The number of carbonyl (C=O) groups is 2. The fourth-order valence-electron chi connectivity index (χ4n) is 1.94. The van der Waals surface area contributed by atoms with Crippen LogP contribution in [-0.4, -0.2) is 16.9 Å². The van der Waals surface area contributed by atoms with Crippen LogP contribution in [0.4, 0.5) is 0 Å². The number of benzene rings is 2. The van der Waals surface area contributed by atoms with Crippen LogP contribution < -0.4 is 11.1 Å². The number of hydrogen-bond acceptors (Lipinski definition) is 3. The molecule has 2 amide bonds. The highest BCUT2D eigenvalue weighted by Gasteiger charge is 2.11. The van der Waals surface area contributed by atoms with Crippen molar-refractivity contribution in [3.63, 3.8) is 0 Å². The fourth-order valence-corrected chi connectivity index (χ4v) is 1.94. The maximum absolute atomic E-state index is 12.0. The molecule has 0 aliphatic rings. The molecule has 0 aliphatic heterocycles. The van der Waals surface area contributed by atoms with E-state index in [1.165, 1.54) is 6.07 Å². The first kappa shape index (κ1) is 14.6. The van der Waals surface area contributed by atoms with Crippen molar-refractivity contribution in [1.82, 2.24) is 5.32 Å². The van der Waals surface area contributed by atoms with Crippen LogP contribution in [0, 0.1) is 6.92 Å². The first-order valence-electron chi connectivity index (χ1n) is 6.44. The lowest BCUT2D eigenvalue weighted by atomic mass is 10.1. The van der Waals surface area contributed by atoms with Gasteiger partial charge in [-0.3, -0.25) is 9.59 Å². The molecule has 108 valence electrons. The van der Waals surface area contributed by atoms with E-state index in [2.05, 4.69) is 5.32 Å². The number of phenols is 1. The molecule has 0 radical (unpaired) electrons. The van der Waals surface area contributed by atoms with Crippen LogP contribution in [0.5, 0.6) is 5.75 Å². The zero-order valence-electron chi connectivity index (χ0n) is 11.6. The number of phenolic OH excluding ortho intramolecular Hbond substituents is 1. The Hall–Kier alpha value is -2.82. The normalized spacial score (nSPS) is 10.1. The van der Waals surface area contributed by atoms with E-state index >= 15 is 0 Å². The number of amides is 2. The van der Waals surface area contributed by atoms with Gasteiger partial charge in [0.15, 0.2) is 0 Å². The van der Waals surface area contributed by atoms with Gasteiger partial charge in [-0.05, 0) is 36.8 Å². The van der Waals surface area contributed by atoms with Gasteiger partial charge >= 0.3 is 0 Å². The minimum Gasteiger partial charge on any atom is -0.507 e. The third-order valence-corrected chi connectivity index (χ3v) is 3.06. The average molecular weight is 284 g/mol. The zero-order valence-corrected chi connectivity index (χ0v) is 11.6. The summed E-state index contributed by atoms with van der Waals surface area (Å²) >= 11 is 0. The van der Waals surface area contributed by atoms with Gasteiger partial charge < -0.3 is 16.2 Å². The summed E-state index contributed by atoms with van der Waals surface area (Å²) in [7, 11) is 0. The van der Waals surface area contributed by atoms with Crippen molar-refractivity contribution in [2.75, 3.05) is 0 Å². The Balaban J connectivity index is 2.09. The summed E-state index contributed by atoms with van der Waals surface area (Å²) in [5.41, 5.74) is 7.46. The molecule has 0 unspecified atom stereocenters. The number of carbonyl (C=O) groups excluding carboxylic acids is 2. The summed E-state index contributed by atoms with van der Waals surface area (Å²) in [6, 6.07) is 11.5. The van der Waals surface area contributed by atoms with Crippen molar-refractivity contribution in [3.8, 4) is 5.75 Å². The molecule has 0 saturated carbocycles. The van der Waals surface area contributed by atoms with E-state index in [0.29, 0.717) is 5.56 Å². The second kappa shape index (κ2) is 6.09. The van der Waals surface area contributed by atoms with E-state index < -0.39 is 5.91 Å². The van der Waals surface area contributed by atoms with Crippen LogP contribution >= 0.6 is 0 Å². The first-order valence-corrected chi connectivity index (χ1v) is 6.44. The summed E-state index contributed by atoms with van der Waals surface area (Å²) in [6.45, 7) is 2.08. The van der Waals surface area contributed by atoms with Gasteiger partial charge in [-0.2, -0.15) is 0 Å². The first-order chi connectivity index (χ1) is 9.97. The van der Waals surface area contributed by atoms with Crippen molar-refractivity contribution in [2.45, 2.75) is 13.5 Å². The topological polar surface area (TPSA) is 92.4 Å². The maximum atomic E-state index is 12.0. The van der Waals surface area contributed by atoms with E-state index in [0.717, 1.165) is 11.1 Å². The van der Waals surface area contributed by atoms with E-state index in [4.69, 9.17) is 5.73 Å². The molecule has 5 heteroatoms. The molecule has 0 atom stereocenters. The third-order valence-electron chi connectivity index (χ3n) is 3.06. The van der Waals surface area contributed by atoms with Gasteiger partial charge in [0.1, 0.15) is 5.75 Å². The summed E-state index contributed by atoms with van der Waals surface area (Å²) in [6.07, 6.45) is 0. The highest BCUT2D eigenvalue weighted by Crippen LogP contribution is 2.18. The van der Waals surface area contributed by atoms with Crippen LogP contribution in [-0.2, 0) is 6.54 Å². The van der Waals surface area contributed by atoms with Crippen molar-refractivity contribution >= 4 is 11.8 Å². The molecule has 0 aromatic heterocycles. The van der Waals surface area contributed by atoms with Crippen LogP contribution in [0.2, 0.25) is 0 Å². The Morgan fingerprint density at radius 2 is 1.95 bits per heavy atom. The molecule has 0 spiro atoms. The minimum atomic E-state index is -0.514. The Kier molecular flexibility index (Phi) is 4.23. The largest absolute Gasteiger partial charge is 0.507 e. The van der Waals surface area contributed by atoms with Crippen LogP contribution in [0.1, 0.15) is 31.8 Å². The second-order valence-electron chi connectivity index (χ2n) is 4.77. The van der Waals surface area contributed by atoms with Crippen molar-refractivity contribution in [1.29, 1.82) is 0 Å². The third kappa shape index (κ3) is 3.60. The zero-order chi connectivity index (χ0) is 15.4. The summed E-state index contributed by atoms with van der Waals surface area (Å²) in [4.78, 5) is 23.1. The van der Waals surface area contributed by atoms with Crippen LogP contribution in [0.3, 0.4) is 0 Å². The molecule has 0 saturated heterocycles. The molecule has 21 heavy (non-hydrogen) atoms. The lowest BCUT2D eigenvalue weighted by Crippen LogP contribution is -2.23. The van der Waals surface area contributed by atoms with E-state index in [9.17, 15) is 14.7 Å². The molecule has 5 nitrogen and oxygen atoms in total. The Morgan fingerprint density at radius 3 is 2.67 bits per heavy atom. The van der Waals surface area contributed by atoms with E-state index in [1.807, 2.05) is 6.92 Å². The average Bonchev–Trinajstić information content (AvgIpc) is 2.47. The van der Waals surface area contributed by atoms with Gasteiger partial charge in [0.2, 0.25) is 5.91 Å². The molecule has 2 rings (SSSR count). The van der Waals surface area contributed by atoms with Gasteiger partial charge in [-0.1, -0.05) is 23.8 Å². The molecule has 0 fully saturated rings. The number of rotatable bonds is 4. The minimum absolute atomic E-state index is 0.0658. The number of nitrogens with two attached hydrogens (primary N) is 1. The van der Waals surface area contributed by atoms with Crippen LogP contribution in [0.25, 0.3) is 0 Å². The van der Waals surface area contributed by atoms with E-state index in [1.54, 1.807) is 36.4 Å². The maximum Gasteiger partial charge on any atom is 0.255 e. The molecule has 4 N–H and O–H groups in total. The number of aromatic hydroxyl groups is 1. The second-order valence-corrected chi connectivity index (χ2v) is 4.77. The Morgan fingerprint density at radius 1 is 1.19 bits per heavy atom. The summed E-state index contributed by atoms with van der Waals surface area (Å²) in [5.74, 6) is -0.954. The standard InChI is InChI=1S/C16H16N2O3/c1-10-5-6-14(19)13(7-10)16(21)18-9-11-3-2-4-12(8-11)15(17)20/h2-8,19H,9H2,1H3,(H2,17,20)(H,18,21). The van der Waals surface area contributed by atoms with Crippen molar-refractivity contribution in [3.05, 3.63) is 64.7 Å².